The first kappa shape index (κ1) is 26.4. The largest absolute Gasteiger partial charge is 0.484 e. The van der Waals surface area contributed by atoms with Crippen LogP contribution in [0.1, 0.15) is 81.7 Å². The fourth-order valence-corrected chi connectivity index (χ4v) is 6.79. The summed E-state index contributed by atoms with van der Waals surface area (Å²) in [4.78, 5) is 12.8. The molecule has 0 radical (unpaired) electrons. The number of halogens is 1. The van der Waals surface area contributed by atoms with Gasteiger partial charge < -0.3 is 9.47 Å². The third-order valence-electron chi connectivity index (χ3n) is 8.82. The summed E-state index contributed by atoms with van der Waals surface area (Å²) in [6, 6.07) is 13.3. The van der Waals surface area contributed by atoms with Crippen molar-refractivity contribution in [2.45, 2.75) is 84.3 Å². The smallest absolute Gasteiger partial charge is 0.327 e. The molecule has 0 saturated heterocycles. The van der Waals surface area contributed by atoms with E-state index in [1.807, 2.05) is 0 Å². The first-order valence-corrected chi connectivity index (χ1v) is 13.7. The van der Waals surface area contributed by atoms with E-state index in [0.29, 0.717) is 24.1 Å². The zero-order valence-electron chi connectivity index (χ0n) is 22.9. The predicted molar refractivity (Wildman–Crippen MR) is 143 cm³/mol. The maximum absolute atomic E-state index is 13.8. The molecular weight excluding hydrogens is 481 g/mol. The second-order valence-corrected chi connectivity index (χ2v) is 11.9. The summed E-state index contributed by atoms with van der Waals surface area (Å²) < 4.78 is 26.5. The van der Waals surface area contributed by atoms with Crippen LogP contribution in [-0.2, 0) is 34.5 Å². The van der Waals surface area contributed by atoms with Gasteiger partial charge >= 0.3 is 5.97 Å². The standard InChI is InChI=1S/C31H38FN3O3/c1-21(2)22-10-12-25-23(16-22)11-13-28-30(3,14-7-15-31(25,28)4)20-38-29(36)18-35-17-24(33-34-35)19-37-27-9-6-5-8-26(27)32/h5-6,8-10,12,16-17,21,28H,7,11,13-15,18-20H2,1-4H3/t28-,30-,31+/m0/s1. The van der Waals surface area contributed by atoms with Crippen molar-refractivity contribution >= 4 is 5.97 Å². The lowest BCUT2D eigenvalue weighted by Crippen LogP contribution is -2.51. The number of ether oxygens (including phenoxy) is 2. The number of nitrogens with zero attached hydrogens (tertiary/aromatic N) is 3. The van der Waals surface area contributed by atoms with Crippen molar-refractivity contribution in [1.82, 2.24) is 15.0 Å². The average molecular weight is 520 g/mol. The lowest BCUT2D eigenvalue weighted by Gasteiger charge is -2.55. The molecule has 202 valence electrons. The Morgan fingerprint density at radius 1 is 1.18 bits per heavy atom. The Labute approximate surface area is 224 Å². The van der Waals surface area contributed by atoms with Crippen LogP contribution in [0.3, 0.4) is 0 Å². The summed E-state index contributed by atoms with van der Waals surface area (Å²) in [5.41, 5.74) is 4.94. The highest BCUT2D eigenvalue weighted by molar-refractivity contribution is 5.69. The molecule has 0 aliphatic heterocycles. The van der Waals surface area contributed by atoms with Crippen LogP contribution in [-0.4, -0.2) is 27.6 Å². The van der Waals surface area contributed by atoms with E-state index >= 15 is 0 Å². The second kappa shape index (κ2) is 10.5. The summed E-state index contributed by atoms with van der Waals surface area (Å²) in [7, 11) is 0. The molecule has 2 aliphatic carbocycles. The monoisotopic (exact) mass is 519 g/mol. The molecule has 2 aliphatic rings. The van der Waals surface area contributed by atoms with Gasteiger partial charge in [-0.3, -0.25) is 4.79 Å². The SMILES string of the molecule is CC(C)c1ccc2c(c1)CC[C@H]1[C@](C)(COC(=O)Cn3cc(COc4ccccc4F)nn3)CCC[C@]21C. The van der Waals surface area contributed by atoms with Crippen LogP contribution in [0, 0.1) is 17.2 Å². The summed E-state index contributed by atoms with van der Waals surface area (Å²) in [6.45, 7) is 9.67. The number of benzene rings is 2. The molecule has 0 N–H and O–H groups in total. The highest BCUT2D eigenvalue weighted by atomic mass is 19.1. The van der Waals surface area contributed by atoms with Gasteiger partial charge in [0.05, 0.1) is 12.8 Å². The molecule has 2 aromatic carbocycles. The lowest BCUT2D eigenvalue weighted by molar-refractivity contribution is -0.152. The molecule has 3 atom stereocenters. The van der Waals surface area contributed by atoms with Crippen LogP contribution in [0.2, 0.25) is 0 Å². The van der Waals surface area contributed by atoms with Gasteiger partial charge in [0.1, 0.15) is 18.8 Å². The predicted octanol–water partition coefficient (Wildman–Crippen LogP) is 6.37. The van der Waals surface area contributed by atoms with Gasteiger partial charge in [0.15, 0.2) is 11.6 Å². The number of aryl methyl sites for hydroxylation is 1. The van der Waals surface area contributed by atoms with Gasteiger partial charge in [0.25, 0.3) is 0 Å². The van der Waals surface area contributed by atoms with Gasteiger partial charge in [-0.05, 0) is 71.8 Å². The van der Waals surface area contributed by atoms with Crippen molar-refractivity contribution in [3.05, 3.63) is 76.9 Å². The molecule has 6 nitrogen and oxygen atoms in total. The Morgan fingerprint density at radius 2 is 2.00 bits per heavy atom. The molecule has 0 bridgehead atoms. The van der Waals surface area contributed by atoms with Crippen LogP contribution >= 0.6 is 0 Å². The number of fused-ring (bicyclic) bond motifs is 3. The summed E-state index contributed by atoms with van der Waals surface area (Å²) in [5.74, 6) is 0.380. The third-order valence-corrected chi connectivity index (χ3v) is 8.82. The van der Waals surface area contributed by atoms with E-state index in [0.717, 1.165) is 25.7 Å². The number of esters is 1. The minimum Gasteiger partial charge on any atom is -0.484 e. The van der Waals surface area contributed by atoms with E-state index in [9.17, 15) is 9.18 Å². The molecule has 0 spiro atoms. The Morgan fingerprint density at radius 3 is 2.79 bits per heavy atom. The van der Waals surface area contributed by atoms with E-state index in [2.05, 4.69) is 56.2 Å². The van der Waals surface area contributed by atoms with Gasteiger partial charge in [-0.1, -0.05) is 69.7 Å². The molecule has 1 saturated carbocycles. The van der Waals surface area contributed by atoms with Crippen molar-refractivity contribution in [2.24, 2.45) is 11.3 Å². The van der Waals surface area contributed by atoms with Crippen molar-refractivity contribution in [1.29, 1.82) is 0 Å². The molecule has 0 amide bonds. The fourth-order valence-electron chi connectivity index (χ4n) is 6.79. The third kappa shape index (κ3) is 5.20. The first-order valence-electron chi connectivity index (χ1n) is 13.7. The van der Waals surface area contributed by atoms with E-state index in [1.165, 1.54) is 33.9 Å². The molecule has 1 aromatic heterocycles. The molecule has 3 aromatic rings. The number of carbonyl (C=O) groups excluding carboxylic acids is 1. The molecule has 1 fully saturated rings. The number of aromatic nitrogens is 3. The highest BCUT2D eigenvalue weighted by Crippen LogP contribution is 2.57. The number of hydrogen-bond acceptors (Lipinski definition) is 5. The minimum atomic E-state index is -0.433. The van der Waals surface area contributed by atoms with Gasteiger partial charge in [0, 0.05) is 5.41 Å². The van der Waals surface area contributed by atoms with Crippen LogP contribution in [0.25, 0.3) is 0 Å². The van der Waals surface area contributed by atoms with Crippen LogP contribution in [0.5, 0.6) is 5.75 Å². The van der Waals surface area contributed by atoms with Gasteiger partial charge in [0.2, 0.25) is 0 Å². The van der Waals surface area contributed by atoms with Gasteiger partial charge in [-0.2, -0.15) is 0 Å². The minimum absolute atomic E-state index is 0.0223. The van der Waals surface area contributed by atoms with E-state index < -0.39 is 5.82 Å². The maximum atomic E-state index is 13.8. The molecule has 5 rings (SSSR count). The van der Waals surface area contributed by atoms with E-state index in [1.54, 1.807) is 24.4 Å². The molecule has 7 heteroatoms. The lowest BCUT2D eigenvalue weighted by atomic mass is 9.50. The Bertz CT molecular complexity index is 1310. The normalized spacial score (nSPS) is 24.5. The van der Waals surface area contributed by atoms with Crippen LogP contribution in [0.15, 0.2) is 48.7 Å². The molecule has 0 unspecified atom stereocenters. The fraction of sp³-hybridized carbons (Fsp3) is 0.516. The Hall–Kier alpha value is -3.22. The first-order chi connectivity index (χ1) is 18.2. The number of hydrogen-bond donors (Lipinski definition) is 0. The molecule has 1 heterocycles. The Balaban J connectivity index is 1.20. The quantitative estimate of drug-likeness (QED) is 0.324. The van der Waals surface area contributed by atoms with Crippen molar-refractivity contribution in [2.75, 3.05) is 6.61 Å². The van der Waals surface area contributed by atoms with Gasteiger partial charge in [-0.25, -0.2) is 9.07 Å². The average Bonchev–Trinajstić information content (AvgIpc) is 3.34. The number of para-hydroxylation sites is 1. The van der Waals surface area contributed by atoms with Crippen molar-refractivity contribution in [3.63, 3.8) is 0 Å². The maximum Gasteiger partial charge on any atom is 0.327 e. The van der Waals surface area contributed by atoms with Gasteiger partial charge in [-0.15, -0.1) is 5.10 Å². The number of rotatable bonds is 8. The summed E-state index contributed by atoms with van der Waals surface area (Å²) >= 11 is 0. The van der Waals surface area contributed by atoms with Crippen molar-refractivity contribution < 1.29 is 18.7 Å². The van der Waals surface area contributed by atoms with E-state index in [-0.39, 0.29) is 35.7 Å². The molecule has 38 heavy (non-hydrogen) atoms. The summed E-state index contributed by atoms with van der Waals surface area (Å²) in [5, 5.41) is 8.05. The summed E-state index contributed by atoms with van der Waals surface area (Å²) in [6.07, 6.45) is 7.18. The topological polar surface area (TPSA) is 66.2 Å². The van der Waals surface area contributed by atoms with Crippen LogP contribution in [0.4, 0.5) is 4.39 Å². The molecular formula is C31H38FN3O3. The Kier molecular flexibility index (Phi) is 7.30. The number of carbonyl (C=O) groups is 1. The zero-order valence-corrected chi connectivity index (χ0v) is 22.9. The highest BCUT2D eigenvalue weighted by Gasteiger charge is 2.52. The zero-order chi connectivity index (χ0) is 26.9. The van der Waals surface area contributed by atoms with Crippen LogP contribution < -0.4 is 4.74 Å². The second-order valence-electron chi connectivity index (χ2n) is 11.9. The van der Waals surface area contributed by atoms with E-state index in [4.69, 9.17) is 9.47 Å². The van der Waals surface area contributed by atoms with Crippen molar-refractivity contribution in [3.8, 4) is 5.75 Å².